The minimum atomic E-state index is 0.794. The summed E-state index contributed by atoms with van der Waals surface area (Å²) in [5, 5.41) is 0. The highest BCUT2D eigenvalue weighted by atomic mass is 16.5. The molecule has 0 radical (unpaired) electrons. The number of hydrogen-bond acceptors (Lipinski definition) is 3. The Morgan fingerprint density at radius 1 is 1.07 bits per heavy atom. The molecule has 0 amide bonds. The molecule has 0 fully saturated rings. The average Bonchev–Trinajstić information content (AvgIpc) is 2.27. The van der Waals surface area contributed by atoms with Crippen LogP contribution in [0.1, 0.15) is 25.7 Å². The summed E-state index contributed by atoms with van der Waals surface area (Å²) in [6, 6.07) is 0. The second-order valence-electron chi connectivity index (χ2n) is 3.55. The summed E-state index contributed by atoms with van der Waals surface area (Å²) in [4.78, 5) is 0. The maximum absolute atomic E-state index is 5.63. The molecule has 0 atom stereocenters. The average molecular weight is 196 g/mol. The van der Waals surface area contributed by atoms with Gasteiger partial charge < -0.3 is 14.2 Å². The zero-order valence-corrected chi connectivity index (χ0v) is 8.76. The third-order valence-corrected chi connectivity index (χ3v) is 2.75. The summed E-state index contributed by atoms with van der Waals surface area (Å²) in [5.74, 6) is 2.64. The summed E-state index contributed by atoms with van der Waals surface area (Å²) in [5.41, 5.74) is 1.38. The third kappa shape index (κ3) is 1.47. The molecule has 2 rings (SSSR count). The van der Waals surface area contributed by atoms with E-state index in [9.17, 15) is 0 Å². The molecule has 14 heavy (non-hydrogen) atoms. The maximum atomic E-state index is 5.63. The van der Waals surface area contributed by atoms with Gasteiger partial charge in [-0.3, -0.25) is 0 Å². The van der Waals surface area contributed by atoms with E-state index in [0.717, 1.165) is 49.6 Å². The predicted molar refractivity (Wildman–Crippen MR) is 52.5 cm³/mol. The molecule has 3 heteroatoms. The first-order valence-electron chi connectivity index (χ1n) is 5.03. The smallest absolute Gasteiger partial charge is 0.198 e. The largest absolute Gasteiger partial charge is 0.497 e. The molecular weight excluding hydrogens is 180 g/mol. The Morgan fingerprint density at radius 3 is 2.64 bits per heavy atom. The number of allylic oxidation sites excluding steroid dienone is 2. The topological polar surface area (TPSA) is 27.7 Å². The summed E-state index contributed by atoms with van der Waals surface area (Å²) in [6.07, 6.45) is 4.24. The van der Waals surface area contributed by atoms with E-state index in [-0.39, 0.29) is 0 Å². The van der Waals surface area contributed by atoms with Crippen molar-refractivity contribution < 1.29 is 14.2 Å². The lowest BCUT2D eigenvalue weighted by molar-refractivity contribution is 0.131. The molecule has 78 valence electrons. The number of rotatable bonds is 2. The van der Waals surface area contributed by atoms with Crippen molar-refractivity contribution in [3.63, 3.8) is 0 Å². The van der Waals surface area contributed by atoms with Crippen LogP contribution in [-0.2, 0) is 14.2 Å². The molecule has 0 spiro atoms. The fraction of sp³-hybridized carbons (Fsp3) is 0.636. The van der Waals surface area contributed by atoms with Gasteiger partial charge in [-0.1, -0.05) is 0 Å². The predicted octanol–water partition coefficient (Wildman–Crippen LogP) is 2.35. The van der Waals surface area contributed by atoms with Crippen LogP contribution in [0.2, 0.25) is 0 Å². The van der Waals surface area contributed by atoms with Gasteiger partial charge in [-0.05, 0) is 24.8 Å². The molecule has 3 nitrogen and oxygen atoms in total. The maximum Gasteiger partial charge on any atom is 0.198 e. The lowest BCUT2D eigenvalue weighted by Crippen LogP contribution is -2.16. The first-order chi connectivity index (χ1) is 6.86. The quantitative estimate of drug-likeness (QED) is 0.678. The Morgan fingerprint density at radius 2 is 1.93 bits per heavy atom. The summed E-state index contributed by atoms with van der Waals surface area (Å²) >= 11 is 0. The minimum Gasteiger partial charge on any atom is -0.497 e. The fourth-order valence-corrected chi connectivity index (χ4v) is 2.05. The van der Waals surface area contributed by atoms with E-state index in [1.807, 2.05) is 0 Å². The van der Waals surface area contributed by atoms with E-state index >= 15 is 0 Å². The van der Waals surface area contributed by atoms with Crippen molar-refractivity contribution in [2.24, 2.45) is 0 Å². The van der Waals surface area contributed by atoms with Crippen molar-refractivity contribution in [3.05, 3.63) is 22.9 Å². The fourth-order valence-electron chi connectivity index (χ4n) is 2.05. The van der Waals surface area contributed by atoms with Crippen LogP contribution in [0.4, 0.5) is 0 Å². The molecule has 0 N–H and O–H groups in total. The number of methoxy groups -OCH3 is 2. The summed E-state index contributed by atoms with van der Waals surface area (Å²) in [7, 11) is 3.35. The molecule has 0 aromatic rings. The summed E-state index contributed by atoms with van der Waals surface area (Å²) < 4.78 is 16.3. The zero-order chi connectivity index (χ0) is 9.97. The first kappa shape index (κ1) is 9.44. The highest BCUT2D eigenvalue weighted by Gasteiger charge is 2.26. The van der Waals surface area contributed by atoms with Gasteiger partial charge in [0, 0.05) is 6.42 Å². The van der Waals surface area contributed by atoms with Crippen molar-refractivity contribution >= 4 is 0 Å². The van der Waals surface area contributed by atoms with Gasteiger partial charge in [0.05, 0.1) is 20.8 Å². The van der Waals surface area contributed by atoms with E-state index in [1.54, 1.807) is 14.2 Å². The lowest BCUT2D eigenvalue weighted by atomic mass is 9.95. The monoisotopic (exact) mass is 196 g/mol. The van der Waals surface area contributed by atoms with Crippen LogP contribution in [0.15, 0.2) is 22.9 Å². The zero-order valence-electron chi connectivity index (χ0n) is 8.76. The Bertz CT molecular complexity index is 277. The highest BCUT2D eigenvalue weighted by molar-refractivity contribution is 5.34. The van der Waals surface area contributed by atoms with E-state index in [1.165, 1.54) is 5.57 Å². The van der Waals surface area contributed by atoms with Crippen molar-refractivity contribution in [1.29, 1.82) is 0 Å². The molecule has 1 heterocycles. The van der Waals surface area contributed by atoms with Crippen molar-refractivity contribution in [3.8, 4) is 0 Å². The molecule has 0 bridgehead atoms. The Labute approximate surface area is 84.3 Å². The van der Waals surface area contributed by atoms with Gasteiger partial charge in [0.2, 0.25) is 0 Å². The van der Waals surface area contributed by atoms with Gasteiger partial charge in [0.1, 0.15) is 5.76 Å². The van der Waals surface area contributed by atoms with Gasteiger partial charge in [0.15, 0.2) is 11.5 Å². The van der Waals surface area contributed by atoms with Crippen LogP contribution in [0.3, 0.4) is 0 Å². The molecule has 0 aromatic carbocycles. The van der Waals surface area contributed by atoms with Crippen LogP contribution in [0, 0.1) is 0 Å². The van der Waals surface area contributed by atoms with Crippen molar-refractivity contribution in [1.82, 2.24) is 0 Å². The number of ether oxygens (including phenoxy) is 3. The molecule has 1 aliphatic heterocycles. The lowest BCUT2D eigenvalue weighted by Gasteiger charge is -2.27. The molecule has 0 unspecified atom stereocenters. The summed E-state index contributed by atoms with van der Waals surface area (Å²) in [6.45, 7) is 0.794. The van der Waals surface area contributed by atoms with Gasteiger partial charge in [0.25, 0.3) is 0 Å². The molecule has 0 saturated carbocycles. The minimum absolute atomic E-state index is 0.794. The van der Waals surface area contributed by atoms with Gasteiger partial charge in [-0.25, -0.2) is 0 Å². The molecular formula is C11H16O3. The van der Waals surface area contributed by atoms with E-state index in [4.69, 9.17) is 14.2 Å². The molecule has 2 aliphatic rings. The Kier molecular flexibility index (Phi) is 2.66. The van der Waals surface area contributed by atoms with Crippen LogP contribution in [0.5, 0.6) is 0 Å². The molecule has 0 saturated heterocycles. The Hall–Kier alpha value is -1.12. The van der Waals surface area contributed by atoms with Crippen molar-refractivity contribution in [2.45, 2.75) is 25.7 Å². The SMILES string of the molecule is COC1=C(OC)C2=C(CCCO2)CC1. The number of hydrogen-bond donors (Lipinski definition) is 0. The van der Waals surface area contributed by atoms with Gasteiger partial charge >= 0.3 is 0 Å². The van der Waals surface area contributed by atoms with Gasteiger partial charge in [-0.15, -0.1) is 0 Å². The van der Waals surface area contributed by atoms with Crippen LogP contribution >= 0.6 is 0 Å². The highest BCUT2D eigenvalue weighted by Crippen LogP contribution is 2.36. The van der Waals surface area contributed by atoms with Crippen LogP contribution in [0.25, 0.3) is 0 Å². The molecule has 1 aliphatic carbocycles. The Balaban J connectivity index is 2.34. The van der Waals surface area contributed by atoms with E-state index in [2.05, 4.69) is 0 Å². The van der Waals surface area contributed by atoms with Crippen LogP contribution in [-0.4, -0.2) is 20.8 Å². The molecule has 0 aromatic heterocycles. The second kappa shape index (κ2) is 3.95. The van der Waals surface area contributed by atoms with Crippen molar-refractivity contribution in [2.75, 3.05) is 20.8 Å². The third-order valence-electron chi connectivity index (χ3n) is 2.75. The second-order valence-corrected chi connectivity index (χ2v) is 3.55. The normalized spacial score (nSPS) is 21.6. The van der Waals surface area contributed by atoms with Gasteiger partial charge in [-0.2, -0.15) is 0 Å². The van der Waals surface area contributed by atoms with E-state index in [0.29, 0.717) is 0 Å². The van der Waals surface area contributed by atoms with E-state index < -0.39 is 0 Å². The standard InChI is InChI=1S/C11H16O3/c1-12-9-6-5-8-4-3-7-14-10(8)11(9)13-2/h3-7H2,1-2H3. The van der Waals surface area contributed by atoms with Crippen LogP contribution < -0.4 is 0 Å². The first-order valence-corrected chi connectivity index (χ1v) is 5.03.